The summed E-state index contributed by atoms with van der Waals surface area (Å²) in [5, 5.41) is 2.78. The van der Waals surface area contributed by atoms with E-state index in [9.17, 15) is 9.59 Å². The Morgan fingerprint density at radius 1 is 1.22 bits per heavy atom. The Morgan fingerprint density at radius 3 is 2.70 bits per heavy atom. The van der Waals surface area contributed by atoms with Crippen LogP contribution in [0.3, 0.4) is 0 Å². The lowest BCUT2D eigenvalue weighted by Crippen LogP contribution is -2.49. The number of nitrogens with one attached hydrogen (secondary N) is 1. The van der Waals surface area contributed by atoms with Gasteiger partial charge < -0.3 is 15.0 Å². The maximum Gasteiger partial charge on any atom is 0.252 e. The Bertz CT molecular complexity index is 752. The third-order valence-electron chi connectivity index (χ3n) is 4.74. The molecule has 1 aromatic heterocycles. The molecule has 0 spiro atoms. The van der Waals surface area contributed by atoms with Gasteiger partial charge in [-0.15, -0.1) is 0 Å². The van der Waals surface area contributed by atoms with Crippen LogP contribution in [0.2, 0.25) is 0 Å². The number of carbonyl (C=O) groups excluding carboxylic acids is 2. The smallest absolute Gasteiger partial charge is 0.252 e. The minimum absolute atomic E-state index is 0.0569. The van der Waals surface area contributed by atoms with E-state index in [0.717, 1.165) is 18.4 Å². The number of aromatic nitrogens is 1. The number of hydrogen-bond donors (Lipinski definition) is 1. The molecular weight excluding hydrogens is 342 g/mol. The van der Waals surface area contributed by atoms with Crippen molar-refractivity contribution in [1.29, 1.82) is 0 Å². The zero-order valence-electron chi connectivity index (χ0n) is 15.5. The molecule has 0 unspecified atom stereocenters. The molecule has 1 saturated heterocycles. The van der Waals surface area contributed by atoms with Gasteiger partial charge in [0.2, 0.25) is 5.91 Å². The summed E-state index contributed by atoms with van der Waals surface area (Å²) in [6, 6.07) is 12.7. The van der Waals surface area contributed by atoms with Crippen molar-refractivity contribution in [3.8, 4) is 0 Å². The van der Waals surface area contributed by atoms with Crippen molar-refractivity contribution in [1.82, 2.24) is 15.2 Å². The quantitative estimate of drug-likeness (QED) is 0.816. The summed E-state index contributed by atoms with van der Waals surface area (Å²) in [7, 11) is 0. The van der Waals surface area contributed by atoms with Gasteiger partial charge in [0, 0.05) is 24.5 Å². The number of carbonyl (C=O) groups is 2. The molecule has 6 heteroatoms. The molecule has 2 heterocycles. The van der Waals surface area contributed by atoms with E-state index >= 15 is 0 Å². The molecule has 27 heavy (non-hydrogen) atoms. The topological polar surface area (TPSA) is 71.5 Å². The molecule has 1 N–H and O–H groups in total. The normalized spacial score (nSPS) is 17.5. The summed E-state index contributed by atoms with van der Waals surface area (Å²) in [5.41, 5.74) is 1.61. The standard InChI is InChI=1S/C21H25N3O3/c1-16(23-20(25)18-9-11-22-12-10-18)21(26)24-13-5-8-19(24)15-27-14-17-6-3-2-4-7-17/h2-4,6-7,9-12,16,19H,5,8,13-15H2,1H3,(H,23,25)/t16-,19+/m1/s1. The van der Waals surface area contributed by atoms with Crippen LogP contribution >= 0.6 is 0 Å². The average molecular weight is 367 g/mol. The minimum Gasteiger partial charge on any atom is -0.375 e. The zero-order chi connectivity index (χ0) is 19.1. The second kappa shape index (κ2) is 9.28. The third kappa shape index (κ3) is 5.14. The number of hydrogen-bond acceptors (Lipinski definition) is 4. The molecule has 1 fully saturated rings. The summed E-state index contributed by atoms with van der Waals surface area (Å²) >= 11 is 0. The molecule has 6 nitrogen and oxygen atoms in total. The molecule has 0 bridgehead atoms. The van der Waals surface area contributed by atoms with Gasteiger partial charge in [0.05, 0.1) is 19.3 Å². The highest BCUT2D eigenvalue weighted by atomic mass is 16.5. The van der Waals surface area contributed by atoms with Gasteiger partial charge in [0.25, 0.3) is 5.91 Å². The summed E-state index contributed by atoms with van der Waals surface area (Å²) in [4.78, 5) is 30.8. The van der Waals surface area contributed by atoms with E-state index < -0.39 is 6.04 Å². The first-order valence-electron chi connectivity index (χ1n) is 9.28. The molecule has 0 aliphatic carbocycles. The summed E-state index contributed by atoms with van der Waals surface area (Å²) in [6.07, 6.45) is 4.99. The van der Waals surface area contributed by atoms with Crippen LogP contribution in [-0.4, -0.2) is 46.9 Å². The van der Waals surface area contributed by atoms with Crippen LogP contribution in [0, 0.1) is 0 Å². The molecule has 1 aliphatic heterocycles. The molecule has 0 saturated carbocycles. The Morgan fingerprint density at radius 2 is 1.96 bits per heavy atom. The number of likely N-dealkylation sites (tertiary alicyclic amines) is 1. The predicted molar refractivity (Wildman–Crippen MR) is 102 cm³/mol. The van der Waals surface area contributed by atoms with Gasteiger partial charge >= 0.3 is 0 Å². The maximum atomic E-state index is 12.8. The van der Waals surface area contributed by atoms with Crippen LogP contribution in [0.4, 0.5) is 0 Å². The van der Waals surface area contributed by atoms with Crippen molar-refractivity contribution < 1.29 is 14.3 Å². The first kappa shape index (κ1) is 19.0. The van der Waals surface area contributed by atoms with Crippen LogP contribution in [0.1, 0.15) is 35.7 Å². The second-order valence-corrected chi connectivity index (χ2v) is 6.76. The third-order valence-corrected chi connectivity index (χ3v) is 4.74. The molecule has 1 aromatic carbocycles. The minimum atomic E-state index is -0.583. The van der Waals surface area contributed by atoms with Gasteiger partial charge in [-0.1, -0.05) is 30.3 Å². The summed E-state index contributed by atoms with van der Waals surface area (Å²) < 4.78 is 5.83. The molecule has 2 aromatic rings. The monoisotopic (exact) mass is 367 g/mol. The Kier molecular flexibility index (Phi) is 6.54. The van der Waals surface area contributed by atoms with Gasteiger partial charge in [-0.05, 0) is 37.5 Å². The molecule has 2 atom stereocenters. The molecular formula is C21H25N3O3. The fourth-order valence-electron chi connectivity index (χ4n) is 3.28. The number of pyridine rings is 1. The number of rotatable bonds is 7. The van der Waals surface area contributed by atoms with Crippen LogP contribution < -0.4 is 5.32 Å². The molecule has 142 valence electrons. The molecule has 3 rings (SSSR count). The number of amides is 2. The molecule has 0 radical (unpaired) electrons. The lowest BCUT2D eigenvalue weighted by molar-refractivity contribution is -0.134. The Balaban J connectivity index is 1.51. The van der Waals surface area contributed by atoms with Gasteiger partial charge in [-0.3, -0.25) is 14.6 Å². The fraction of sp³-hybridized carbons (Fsp3) is 0.381. The van der Waals surface area contributed by atoms with Crippen LogP contribution in [0.5, 0.6) is 0 Å². The number of ether oxygens (including phenoxy) is 1. The SMILES string of the molecule is C[C@@H](NC(=O)c1ccncc1)C(=O)N1CCC[C@H]1COCc1ccccc1. The number of nitrogens with zero attached hydrogens (tertiary/aromatic N) is 2. The van der Waals surface area contributed by atoms with E-state index in [4.69, 9.17) is 4.74 Å². The molecule has 2 amide bonds. The van der Waals surface area contributed by atoms with E-state index in [1.807, 2.05) is 35.2 Å². The second-order valence-electron chi connectivity index (χ2n) is 6.76. The van der Waals surface area contributed by atoms with Crippen LogP contribution in [0.15, 0.2) is 54.9 Å². The Hall–Kier alpha value is -2.73. The lowest BCUT2D eigenvalue weighted by atomic mass is 10.2. The van der Waals surface area contributed by atoms with E-state index in [2.05, 4.69) is 10.3 Å². The molecule has 1 aliphatic rings. The van der Waals surface area contributed by atoms with Crippen molar-refractivity contribution >= 4 is 11.8 Å². The largest absolute Gasteiger partial charge is 0.375 e. The van der Waals surface area contributed by atoms with Crippen molar-refractivity contribution in [2.24, 2.45) is 0 Å². The Labute approximate surface area is 159 Å². The van der Waals surface area contributed by atoms with E-state index in [1.54, 1.807) is 31.5 Å². The summed E-state index contributed by atoms with van der Waals surface area (Å²) in [5.74, 6) is -0.336. The van der Waals surface area contributed by atoms with Crippen molar-refractivity contribution in [2.75, 3.05) is 13.2 Å². The predicted octanol–water partition coefficient (Wildman–Crippen LogP) is 2.41. The van der Waals surface area contributed by atoms with Crippen molar-refractivity contribution in [3.05, 3.63) is 66.0 Å². The zero-order valence-corrected chi connectivity index (χ0v) is 15.5. The summed E-state index contributed by atoms with van der Waals surface area (Å²) in [6.45, 7) is 3.47. The van der Waals surface area contributed by atoms with Crippen LogP contribution in [0.25, 0.3) is 0 Å². The van der Waals surface area contributed by atoms with Gasteiger partial charge in [0.1, 0.15) is 6.04 Å². The van der Waals surface area contributed by atoms with Gasteiger partial charge in [0.15, 0.2) is 0 Å². The van der Waals surface area contributed by atoms with Crippen molar-refractivity contribution in [3.63, 3.8) is 0 Å². The highest BCUT2D eigenvalue weighted by Gasteiger charge is 2.32. The first-order chi connectivity index (χ1) is 13.1. The lowest BCUT2D eigenvalue weighted by Gasteiger charge is -2.27. The number of benzene rings is 1. The highest BCUT2D eigenvalue weighted by molar-refractivity contribution is 5.97. The average Bonchev–Trinajstić information content (AvgIpc) is 3.17. The first-order valence-corrected chi connectivity index (χ1v) is 9.28. The maximum absolute atomic E-state index is 12.8. The fourth-order valence-corrected chi connectivity index (χ4v) is 3.28. The van der Waals surface area contributed by atoms with Crippen LogP contribution in [-0.2, 0) is 16.1 Å². The van der Waals surface area contributed by atoms with Crippen molar-refractivity contribution in [2.45, 2.75) is 38.5 Å². The van der Waals surface area contributed by atoms with E-state index in [0.29, 0.717) is 25.3 Å². The van der Waals surface area contributed by atoms with E-state index in [-0.39, 0.29) is 17.9 Å². The van der Waals surface area contributed by atoms with Gasteiger partial charge in [-0.2, -0.15) is 0 Å². The van der Waals surface area contributed by atoms with Gasteiger partial charge in [-0.25, -0.2) is 0 Å². The van der Waals surface area contributed by atoms with E-state index in [1.165, 1.54) is 0 Å². The highest BCUT2D eigenvalue weighted by Crippen LogP contribution is 2.19.